The Morgan fingerprint density at radius 1 is 1.21 bits per heavy atom. The van der Waals surface area contributed by atoms with E-state index >= 15 is 0 Å². The second-order valence-corrected chi connectivity index (χ2v) is 5.77. The van der Waals surface area contributed by atoms with Crippen LogP contribution in [0.1, 0.15) is 12.5 Å². The lowest BCUT2D eigenvalue weighted by Gasteiger charge is -2.27. The molecule has 24 heavy (non-hydrogen) atoms. The van der Waals surface area contributed by atoms with Crippen molar-refractivity contribution in [2.45, 2.75) is 26.1 Å². The number of benzene rings is 2. The largest absolute Gasteiger partial charge is 0.486 e. The van der Waals surface area contributed by atoms with E-state index in [1.165, 1.54) is 0 Å². The summed E-state index contributed by atoms with van der Waals surface area (Å²) in [6, 6.07) is 15.1. The number of carbonyl (C=O) groups excluding carboxylic acids is 1. The molecule has 1 aliphatic rings. The van der Waals surface area contributed by atoms with Crippen molar-refractivity contribution in [2.75, 3.05) is 13.2 Å². The Labute approximate surface area is 141 Å². The van der Waals surface area contributed by atoms with Crippen LogP contribution in [0, 0.1) is 6.92 Å². The first-order valence-corrected chi connectivity index (χ1v) is 8.02. The molecular weight excluding hydrogens is 306 g/mol. The van der Waals surface area contributed by atoms with Gasteiger partial charge in [0.2, 0.25) is 0 Å². The van der Waals surface area contributed by atoms with Crippen LogP contribution in [0.5, 0.6) is 17.2 Å². The third-order valence-electron chi connectivity index (χ3n) is 3.84. The molecule has 2 aromatic carbocycles. The monoisotopic (exact) mass is 327 g/mol. The van der Waals surface area contributed by atoms with Crippen LogP contribution in [0.3, 0.4) is 0 Å². The van der Waals surface area contributed by atoms with Crippen molar-refractivity contribution in [3.8, 4) is 17.2 Å². The van der Waals surface area contributed by atoms with E-state index in [0.29, 0.717) is 24.7 Å². The van der Waals surface area contributed by atoms with Crippen molar-refractivity contribution in [3.63, 3.8) is 0 Å². The minimum Gasteiger partial charge on any atom is -0.486 e. The van der Waals surface area contributed by atoms with E-state index in [2.05, 4.69) is 5.32 Å². The number of carbonyl (C=O) groups is 1. The molecule has 5 nitrogen and oxygen atoms in total. The first-order chi connectivity index (χ1) is 11.6. The van der Waals surface area contributed by atoms with E-state index < -0.39 is 6.10 Å². The van der Waals surface area contributed by atoms with E-state index in [-0.39, 0.29) is 12.0 Å². The Morgan fingerprint density at radius 2 is 1.92 bits per heavy atom. The third-order valence-corrected chi connectivity index (χ3v) is 3.84. The minimum atomic E-state index is -0.581. The summed E-state index contributed by atoms with van der Waals surface area (Å²) in [5, 5.41) is 2.85. The van der Waals surface area contributed by atoms with E-state index in [9.17, 15) is 4.79 Å². The fourth-order valence-corrected chi connectivity index (χ4v) is 2.45. The Bertz CT molecular complexity index is 716. The number of hydrogen-bond donors (Lipinski definition) is 1. The highest BCUT2D eigenvalue weighted by molar-refractivity contribution is 5.80. The number of amides is 1. The second-order valence-electron chi connectivity index (χ2n) is 5.77. The molecule has 2 atom stereocenters. The second kappa shape index (κ2) is 7.25. The van der Waals surface area contributed by atoms with Crippen LogP contribution in [-0.2, 0) is 4.79 Å². The summed E-state index contributed by atoms with van der Waals surface area (Å²) in [5.41, 5.74) is 0.998. The highest BCUT2D eigenvalue weighted by Gasteiger charge is 2.22. The molecule has 3 rings (SSSR count). The van der Waals surface area contributed by atoms with Gasteiger partial charge in [-0.05, 0) is 37.6 Å². The Balaban J connectivity index is 1.50. The predicted molar refractivity (Wildman–Crippen MR) is 90.6 cm³/mol. The molecule has 0 aromatic heterocycles. The van der Waals surface area contributed by atoms with Gasteiger partial charge in [-0.1, -0.05) is 30.3 Å². The van der Waals surface area contributed by atoms with Gasteiger partial charge in [-0.25, -0.2) is 0 Å². The van der Waals surface area contributed by atoms with Gasteiger partial charge in [0.15, 0.2) is 17.6 Å². The molecule has 1 heterocycles. The molecule has 0 spiro atoms. The maximum atomic E-state index is 12.2. The van der Waals surface area contributed by atoms with Gasteiger partial charge >= 0.3 is 0 Å². The van der Waals surface area contributed by atoms with Gasteiger partial charge in [-0.15, -0.1) is 0 Å². The Morgan fingerprint density at radius 3 is 2.71 bits per heavy atom. The SMILES string of the molecule is Cc1ccccc1O[C@@H](C)C(=O)NC[C@@H]1COc2ccccc2O1. The number of ether oxygens (including phenoxy) is 3. The fraction of sp³-hybridized carbons (Fsp3) is 0.316. The Hall–Kier alpha value is -2.69. The third kappa shape index (κ3) is 3.79. The molecule has 0 radical (unpaired) electrons. The first-order valence-electron chi connectivity index (χ1n) is 8.02. The summed E-state index contributed by atoms with van der Waals surface area (Å²) in [5.74, 6) is 1.97. The number of fused-ring (bicyclic) bond motifs is 1. The zero-order chi connectivity index (χ0) is 16.9. The molecule has 0 saturated heterocycles. The van der Waals surface area contributed by atoms with Gasteiger partial charge in [0.1, 0.15) is 18.5 Å². The van der Waals surface area contributed by atoms with Gasteiger partial charge in [0.25, 0.3) is 5.91 Å². The molecule has 2 aromatic rings. The average Bonchev–Trinajstić information content (AvgIpc) is 2.61. The van der Waals surface area contributed by atoms with E-state index in [4.69, 9.17) is 14.2 Å². The lowest BCUT2D eigenvalue weighted by molar-refractivity contribution is -0.127. The standard InChI is InChI=1S/C19H21NO4/c1-13-7-3-4-8-16(13)23-14(2)19(21)20-11-15-12-22-17-9-5-6-10-18(17)24-15/h3-10,14-15H,11-12H2,1-2H3,(H,20,21)/t14-,15+/m0/s1. The number of rotatable bonds is 5. The maximum Gasteiger partial charge on any atom is 0.260 e. The summed E-state index contributed by atoms with van der Waals surface area (Å²) >= 11 is 0. The zero-order valence-corrected chi connectivity index (χ0v) is 13.8. The average molecular weight is 327 g/mol. The first kappa shape index (κ1) is 16.2. The molecule has 126 valence electrons. The molecule has 0 bridgehead atoms. The summed E-state index contributed by atoms with van der Waals surface area (Å²) in [4.78, 5) is 12.2. The molecule has 0 aliphatic carbocycles. The molecule has 1 N–H and O–H groups in total. The lowest BCUT2D eigenvalue weighted by atomic mass is 10.2. The quantitative estimate of drug-likeness (QED) is 0.917. The van der Waals surface area contributed by atoms with Crippen molar-refractivity contribution in [1.82, 2.24) is 5.32 Å². The zero-order valence-electron chi connectivity index (χ0n) is 13.8. The lowest BCUT2D eigenvalue weighted by Crippen LogP contribution is -2.44. The molecule has 0 saturated carbocycles. The molecule has 1 amide bonds. The number of hydrogen-bond acceptors (Lipinski definition) is 4. The predicted octanol–water partition coefficient (Wildman–Crippen LogP) is 2.72. The van der Waals surface area contributed by atoms with Gasteiger partial charge in [-0.3, -0.25) is 4.79 Å². The molecule has 0 unspecified atom stereocenters. The van der Waals surface area contributed by atoms with Crippen LogP contribution in [0.2, 0.25) is 0 Å². The summed E-state index contributed by atoms with van der Waals surface area (Å²) in [6.07, 6.45) is -0.794. The smallest absolute Gasteiger partial charge is 0.260 e. The summed E-state index contributed by atoms with van der Waals surface area (Å²) < 4.78 is 17.2. The van der Waals surface area contributed by atoms with E-state index in [1.54, 1.807) is 6.92 Å². The Kier molecular flexibility index (Phi) is 4.89. The molecule has 0 fully saturated rings. The van der Waals surface area contributed by atoms with Crippen molar-refractivity contribution in [1.29, 1.82) is 0 Å². The van der Waals surface area contributed by atoms with E-state index in [1.807, 2.05) is 55.5 Å². The number of nitrogens with one attached hydrogen (secondary N) is 1. The minimum absolute atomic E-state index is 0.180. The van der Waals surface area contributed by atoms with Gasteiger partial charge in [-0.2, -0.15) is 0 Å². The number of aryl methyl sites for hydroxylation is 1. The summed E-state index contributed by atoms with van der Waals surface area (Å²) in [7, 11) is 0. The van der Waals surface area contributed by atoms with Gasteiger partial charge in [0.05, 0.1) is 6.54 Å². The fourth-order valence-electron chi connectivity index (χ4n) is 2.45. The van der Waals surface area contributed by atoms with Crippen LogP contribution in [0.25, 0.3) is 0 Å². The van der Waals surface area contributed by atoms with Gasteiger partial charge in [0, 0.05) is 0 Å². The van der Waals surface area contributed by atoms with Crippen molar-refractivity contribution in [2.24, 2.45) is 0 Å². The maximum absolute atomic E-state index is 12.2. The normalized spacial score (nSPS) is 17.0. The number of para-hydroxylation sites is 3. The topological polar surface area (TPSA) is 56.8 Å². The van der Waals surface area contributed by atoms with Crippen molar-refractivity contribution >= 4 is 5.91 Å². The van der Waals surface area contributed by atoms with Crippen LogP contribution >= 0.6 is 0 Å². The highest BCUT2D eigenvalue weighted by Crippen LogP contribution is 2.30. The highest BCUT2D eigenvalue weighted by atomic mass is 16.6. The molecule has 5 heteroatoms. The summed E-state index contributed by atoms with van der Waals surface area (Å²) in [6.45, 7) is 4.46. The van der Waals surface area contributed by atoms with Crippen LogP contribution < -0.4 is 19.5 Å². The van der Waals surface area contributed by atoms with Crippen molar-refractivity contribution < 1.29 is 19.0 Å². The van der Waals surface area contributed by atoms with Crippen LogP contribution in [0.4, 0.5) is 0 Å². The molecule has 1 aliphatic heterocycles. The van der Waals surface area contributed by atoms with E-state index in [0.717, 1.165) is 11.3 Å². The van der Waals surface area contributed by atoms with Crippen molar-refractivity contribution in [3.05, 3.63) is 54.1 Å². The van der Waals surface area contributed by atoms with Crippen LogP contribution in [0.15, 0.2) is 48.5 Å². The van der Waals surface area contributed by atoms with Crippen LogP contribution in [-0.4, -0.2) is 31.3 Å². The molecular formula is C19H21NO4. The van der Waals surface area contributed by atoms with Gasteiger partial charge < -0.3 is 19.5 Å².